The van der Waals surface area contributed by atoms with Gasteiger partial charge >= 0.3 is 0 Å². The zero-order valence-electron chi connectivity index (χ0n) is 11.6. The third-order valence-corrected chi connectivity index (χ3v) is 4.13. The Hall–Kier alpha value is -2.12. The molecule has 102 valence electrons. The van der Waals surface area contributed by atoms with E-state index in [2.05, 4.69) is 17.5 Å². The molecule has 1 heterocycles. The Labute approximate surface area is 123 Å². The van der Waals surface area contributed by atoms with E-state index in [1.54, 1.807) is 36.5 Å². The average Bonchev–Trinajstić information content (AvgIpc) is 2.97. The Kier molecular flexibility index (Phi) is 4.54. The van der Waals surface area contributed by atoms with Crippen molar-refractivity contribution in [3.05, 3.63) is 51.7 Å². The molecule has 3 nitrogen and oxygen atoms in total. The number of nitrogens with zero attached hydrogens (tertiary/aromatic N) is 2. The van der Waals surface area contributed by atoms with Crippen LogP contribution in [0.1, 0.15) is 27.7 Å². The quantitative estimate of drug-likeness (QED) is 0.789. The number of ketones is 1. The van der Waals surface area contributed by atoms with Gasteiger partial charge < -0.3 is 4.90 Å². The van der Waals surface area contributed by atoms with E-state index in [0.717, 1.165) is 18.7 Å². The van der Waals surface area contributed by atoms with Crippen molar-refractivity contribution in [3.8, 4) is 6.07 Å². The molecule has 0 aliphatic carbocycles. The van der Waals surface area contributed by atoms with Crippen LogP contribution >= 0.6 is 11.3 Å². The van der Waals surface area contributed by atoms with Crippen molar-refractivity contribution < 1.29 is 4.79 Å². The zero-order chi connectivity index (χ0) is 14.5. The number of benzene rings is 1. The fourth-order valence-corrected chi connectivity index (χ4v) is 2.77. The first kappa shape index (κ1) is 14.3. The van der Waals surface area contributed by atoms with Gasteiger partial charge in [-0.05, 0) is 43.0 Å². The van der Waals surface area contributed by atoms with Gasteiger partial charge in [-0.3, -0.25) is 4.79 Å². The molecule has 0 aliphatic rings. The fourth-order valence-electron chi connectivity index (χ4n) is 2.07. The molecule has 0 amide bonds. The molecule has 0 N–H and O–H groups in total. The van der Waals surface area contributed by atoms with Crippen LogP contribution in [-0.4, -0.2) is 19.4 Å². The molecule has 1 aromatic carbocycles. The van der Waals surface area contributed by atoms with Crippen LogP contribution in [0.2, 0.25) is 0 Å². The van der Waals surface area contributed by atoms with Gasteiger partial charge in [0, 0.05) is 29.7 Å². The van der Waals surface area contributed by atoms with E-state index < -0.39 is 0 Å². The van der Waals surface area contributed by atoms with Gasteiger partial charge in [0.05, 0.1) is 11.6 Å². The summed E-state index contributed by atoms with van der Waals surface area (Å²) in [6.45, 7) is 2.37. The second kappa shape index (κ2) is 6.36. The Morgan fingerprint density at radius 3 is 2.80 bits per heavy atom. The summed E-state index contributed by atoms with van der Waals surface area (Å²) in [4.78, 5) is 15.1. The molecular formula is C16H16N2OS. The van der Waals surface area contributed by atoms with Crippen LogP contribution in [0, 0.1) is 11.3 Å². The minimum Gasteiger partial charge on any atom is -0.374 e. The van der Waals surface area contributed by atoms with Gasteiger partial charge in [0.25, 0.3) is 0 Å². The highest BCUT2D eigenvalue weighted by atomic mass is 32.1. The van der Waals surface area contributed by atoms with E-state index >= 15 is 0 Å². The standard InChI is InChI=1S/C16H16N2OS/c1-12(19)15-6-5-13(11-17)10-16(15)18(2)8-7-14-4-3-9-20-14/h3-6,9-10H,7-8H2,1-2H3. The molecule has 4 heteroatoms. The van der Waals surface area contributed by atoms with Crippen LogP contribution in [0.5, 0.6) is 0 Å². The maximum atomic E-state index is 11.7. The number of thiophene rings is 1. The van der Waals surface area contributed by atoms with Gasteiger partial charge in [0.2, 0.25) is 0 Å². The van der Waals surface area contributed by atoms with E-state index in [-0.39, 0.29) is 5.78 Å². The van der Waals surface area contributed by atoms with Crippen LogP contribution in [-0.2, 0) is 6.42 Å². The summed E-state index contributed by atoms with van der Waals surface area (Å²) in [7, 11) is 1.95. The maximum absolute atomic E-state index is 11.7. The normalized spacial score (nSPS) is 10.1. The summed E-state index contributed by atoms with van der Waals surface area (Å²) in [5, 5.41) is 11.1. The van der Waals surface area contributed by atoms with Gasteiger partial charge in [-0.2, -0.15) is 5.26 Å². The Morgan fingerprint density at radius 2 is 2.20 bits per heavy atom. The van der Waals surface area contributed by atoms with E-state index in [4.69, 9.17) is 5.26 Å². The van der Waals surface area contributed by atoms with Crippen molar-refractivity contribution in [2.45, 2.75) is 13.3 Å². The third-order valence-electron chi connectivity index (χ3n) is 3.19. The first-order chi connectivity index (χ1) is 9.61. The number of likely N-dealkylation sites (N-methyl/N-ethyl adjacent to an activating group) is 1. The van der Waals surface area contributed by atoms with E-state index in [1.807, 2.05) is 18.0 Å². The van der Waals surface area contributed by atoms with Crippen molar-refractivity contribution >= 4 is 22.8 Å². The number of anilines is 1. The first-order valence-electron chi connectivity index (χ1n) is 6.40. The lowest BCUT2D eigenvalue weighted by Gasteiger charge is -2.21. The zero-order valence-corrected chi connectivity index (χ0v) is 12.4. The SMILES string of the molecule is CC(=O)c1ccc(C#N)cc1N(C)CCc1cccs1. The number of carbonyl (C=O) groups excluding carboxylic acids is 1. The monoisotopic (exact) mass is 284 g/mol. The van der Waals surface area contributed by atoms with Gasteiger partial charge in [-0.25, -0.2) is 0 Å². The summed E-state index contributed by atoms with van der Waals surface area (Å²) in [5.41, 5.74) is 2.07. The van der Waals surface area contributed by atoms with Crippen molar-refractivity contribution in [2.24, 2.45) is 0 Å². The van der Waals surface area contributed by atoms with Gasteiger partial charge in [0.1, 0.15) is 0 Å². The van der Waals surface area contributed by atoms with Crippen molar-refractivity contribution in [1.82, 2.24) is 0 Å². The topological polar surface area (TPSA) is 44.1 Å². The molecule has 0 unspecified atom stereocenters. The van der Waals surface area contributed by atoms with E-state index in [0.29, 0.717) is 11.1 Å². The summed E-state index contributed by atoms with van der Waals surface area (Å²) >= 11 is 1.73. The number of Topliss-reactive ketones (excluding diaryl/α,β-unsaturated/α-hetero) is 1. The molecule has 20 heavy (non-hydrogen) atoms. The second-order valence-corrected chi connectivity index (χ2v) is 5.68. The molecule has 2 rings (SSSR count). The minimum absolute atomic E-state index is 0.0208. The number of hydrogen-bond donors (Lipinski definition) is 0. The van der Waals surface area contributed by atoms with E-state index in [1.165, 1.54) is 4.88 Å². The Bertz CT molecular complexity index is 641. The molecule has 1 aromatic heterocycles. The summed E-state index contributed by atoms with van der Waals surface area (Å²) in [6, 6.07) is 11.5. The highest BCUT2D eigenvalue weighted by molar-refractivity contribution is 7.09. The van der Waals surface area contributed by atoms with Gasteiger partial charge in [-0.1, -0.05) is 6.07 Å². The molecule has 0 fully saturated rings. The van der Waals surface area contributed by atoms with E-state index in [9.17, 15) is 4.79 Å². The number of rotatable bonds is 5. The molecule has 0 bridgehead atoms. The minimum atomic E-state index is 0.0208. The summed E-state index contributed by atoms with van der Waals surface area (Å²) in [5.74, 6) is 0.0208. The molecule has 2 aromatic rings. The summed E-state index contributed by atoms with van der Waals surface area (Å²) < 4.78 is 0. The highest BCUT2D eigenvalue weighted by Crippen LogP contribution is 2.22. The molecule has 0 aliphatic heterocycles. The predicted molar refractivity (Wildman–Crippen MR) is 82.5 cm³/mol. The van der Waals surface area contributed by atoms with Gasteiger partial charge in [0.15, 0.2) is 5.78 Å². The average molecular weight is 284 g/mol. The Balaban J connectivity index is 2.21. The molecule has 0 saturated heterocycles. The summed E-state index contributed by atoms with van der Waals surface area (Å²) in [6.07, 6.45) is 0.933. The Morgan fingerprint density at radius 1 is 1.40 bits per heavy atom. The lowest BCUT2D eigenvalue weighted by atomic mass is 10.1. The smallest absolute Gasteiger partial charge is 0.161 e. The largest absolute Gasteiger partial charge is 0.374 e. The first-order valence-corrected chi connectivity index (χ1v) is 7.28. The van der Waals surface area contributed by atoms with Crippen LogP contribution in [0.4, 0.5) is 5.69 Å². The molecule has 0 radical (unpaired) electrons. The number of nitriles is 1. The lowest BCUT2D eigenvalue weighted by molar-refractivity contribution is 0.101. The maximum Gasteiger partial charge on any atom is 0.161 e. The molecule has 0 saturated carbocycles. The lowest BCUT2D eigenvalue weighted by Crippen LogP contribution is -2.22. The van der Waals surface area contributed by atoms with Crippen molar-refractivity contribution in [3.63, 3.8) is 0 Å². The van der Waals surface area contributed by atoms with Crippen LogP contribution in [0.25, 0.3) is 0 Å². The molecular weight excluding hydrogens is 268 g/mol. The van der Waals surface area contributed by atoms with Gasteiger partial charge in [-0.15, -0.1) is 11.3 Å². The third kappa shape index (κ3) is 3.25. The second-order valence-electron chi connectivity index (χ2n) is 4.65. The number of hydrogen-bond acceptors (Lipinski definition) is 4. The van der Waals surface area contributed by atoms with Crippen LogP contribution in [0.3, 0.4) is 0 Å². The van der Waals surface area contributed by atoms with Crippen molar-refractivity contribution in [1.29, 1.82) is 5.26 Å². The highest BCUT2D eigenvalue weighted by Gasteiger charge is 2.12. The predicted octanol–water partition coefficient (Wildman–Crippen LogP) is 3.50. The molecule has 0 spiro atoms. The number of carbonyl (C=O) groups is 1. The van der Waals surface area contributed by atoms with Crippen molar-refractivity contribution in [2.75, 3.05) is 18.5 Å². The van der Waals surface area contributed by atoms with Crippen LogP contribution < -0.4 is 4.90 Å². The van der Waals surface area contributed by atoms with Crippen LogP contribution in [0.15, 0.2) is 35.7 Å². The molecule has 0 atom stereocenters. The fraction of sp³-hybridized carbons (Fsp3) is 0.250.